The van der Waals surface area contributed by atoms with Crippen LogP contribution >= 0.6 is 24.0 Å². The van der Waals surface area contributed by atoms with Gasteiger partial charge in [0.25, 0.3) is 0 Å². The summed E-state index contributed by atoms with van der Waals surface area (Å²) in [4.78, 5) is 4.46. The van der Waals surface area contributed by atoms with Crippen LogP contribution in [0.15, 0.2) is 29.3 Å². The summed E-state index contributed by atoms with van der Waals surface area (Å²) in [6.45, 7) is 0.549. The number of aliphatic imine (C=N–C) groups is 1. The van der Waals surface area contributed by atoms with Gasteiger partial charge in [0.15, 0.2) is 5.96 Å². The van der Waals surface area contributed by atoms with Crippen molar-refractivity contribution in [1.29, 1.82) is 0 Å². The third kappa shape index (κ3) is 4.19. The van der Waals surface area contributed by atoms with Gasteiger partial charge in [0.2, 0.25) is 0 Å². The van der Waals surface area contributed by atoms with Crippen LogP contribution in [0.3, 0.4) is 0 Å². The van der Waals surface area contributed by atoms with Gasteiger partial charge in [-0.25, -0.2) is 4.99 Å². The molecule has 3 N–H and O–H groups in total. The Balaban J connectivity index is 0.00000208. The van der Waals surface area contributed by atoms with Crippen molar-refractivity contribution in [3.05, 3.63) is 41.2 Å². The molecule has 0 atom stereocenters. The van der Waals surface area contributed by atoms with E-state index in [-0.39, 0.29) is 24.0 Å². The van der Waals surface area contributed by atoms with Gasteiger partial charge in [0, 0.05) is 12.7 Å². The molecule has 1 aliphatic rings. The predicted octanol–water partition coefficient (Wildman–Crippen LogP) is 2.85. The molecule has 0 saturated carbocycles. The van der Waals surface area contributed by atoms with Gasteiger partial charge in [0.05, 0.1) is 25.0 Å². The summed E-state index contributed by atoms with van der Waals surface area (Å²) < 4.78 is 7.08. The fraction of sp³-hybridized carbons (Fsp3) is 0.412. The second-order valence-electron chi connectivity index (χ2n) is 5.76. The number of nitrogens with one attached hydrogen (secondary N) is 1. The van der Waals surface area contributed by atoms with Crippen molar-refractivity contribution in [1.82, 2.24) is 9.78 Å². The highest BCUT2D eigenvalue weighted by atomic mass is 127. The number of rotatable bonds is 4. The fourth-order valence-electron chi connectivity index (χ4n) is 2.97. The average Bonchev–Trinajstić information content (AvgIpc) is 2.89. The van der Waals surface area contributed by atoms with Gasteiger partial charge < -0.3 is 15.8 Å². The number of aromatic nitrogens is 2. The smallest absolute Gasteiger partial charge is 0.193 e. The van der Waals surface area contributed by atoms with Crippen molar-refractivity contribution in [3.8, 4) is 5.75 Å². The van der Waals surface area contributed by atoms with Gasteiger partial charge in [-0.2, -0.15) is 5.10 Å². The number of nitrogens with two attached hydrogens (primary N) is 1. The second kappa shape index (κ2) is 8.36. The molecule has 0 unspecified atom stereocenters. The Labute approximate surface area is 159 Å². The average molecular weight is 441 g/mol. The Bertz CT molecular complexity index is 709. The van der Waals surface area contributed by atoms with E-state index < -0.39 is 0 Å². The standard InChI is InChI=1S/C17H23N5O.HI/c1-22-16(14-5-3-4-6-15(14)21-22)11-19-17(18)20-12-7-9-13(23-2)10-8-12;/h7-10H,3-6,11H2,1-2H3,(H3,18,19,20);1H. The quantitative estimate of drug-likeness (QED) is 0.435. The Kier molecular flexibility index (Phi) is 6.47. The lowest BCUT2D eigenvalue weighted by Crippen LogP contribution is -2.22. The first-order chi connectivity index (χ1) is 11.2. The molecule has 130 valence electrons. The molecule has 0 radical (unpaired) electrons. The van der Waals surface area contributed by atoms with Gasteiger partial charge in [0.1, 0.15) is 5.75 Å². The normalized spacial score (nSPS) is 13.8. The summed E-state index contributed by atoms with van der Waals surface area (Å²) in [7, 11) is 3.63. The van der Waals surface area contributed by atoms with Crippen LogP contribution in [0, 0.1) is 0 Å². The Morgan fingerprint density at radius 3 is 2.71 bits per heavy atom. The molecular formula is C17H24IN5O. The minimum atomic E-state index is 0. The van der Waals surface area contributed by atoms with Crippen molar-refractivity contribution >= 4 is 35.6 Å². The summed E-state index contributed by atoms with van der Waals surface area (Å²) in [5.74, 6) is 1.22. The monoisotopic (exact) mass is 441 g/mol. The van der Waals surface area contributed by atoms with E-state index in [1.54, 1.807) is 7.11 Å². The van der Waals surface area contributed by atoms with E-state index in [0.717, 1.165) is 24.3 Å². The van der Waals surface area contributed by atoms with Crippen molar-refractivity contribution in [3.63, 3.8) is 0 Å². The number of anilines is 1. The zero-order valence-electron chi connectivity index (χ0n) is 14.1. The highest BCUT2D eigenvalue weighted by Crippen LogP contribution is 2.24. The minimum absolute atomic E-state index is 0. The van der Waals surface area contributed by atoms with E-state index in [1.807, 2.05) is 36.0 Å². The van der Waals surface area contributed by atoms with Crippen molar-refractivity contribution in [2.75, 3.05) is 12.4 Å². The number of nitrogens with zero attached hydrogens (tertiary/aromatic N) is 3. The minimum Gasteiger partial charge on any atom is -0.497 e. The SMILES string of the molecule is COc1ccc(NC(N)=NCc2c3c(nn2C)CCCC3)cc1.I. The van der Waals surface area contributed by atoms with E-state index in [9.17, 15) is 0 Å². The summed E-state index contributed by atoms with van der Waals surface area (Å²) >= 11 is 0. The number of aryl methyl sites for hydroxylation is 2. The molecule has 6 nitrogen and oxygen atoms in total. The van der Waals surface area contributed by atoms with E-state index in [0.29, 0.717) is 12.5 Å². The van der Waals surface area contributed by atoms with E-state index in [2.05, 4.69) is 15.4 Å². The maximum Gasteiger partial charge on any atom is 0.193 e. The van der Waals surface area contributed by atoms with Crippen LogP contribution in [-0.2, 0) is 26.4 Å². The summed E-state index contributed by atoms with van der Waals surface area (Å²) in [5, 5.41) is 7.70. The molecule has 1 aliphatic carbocycles. The largest absolute Gasteiger partial charge is 0.497 e. The van der Waals surface area contributed by atoms with Crippen LogP contribution in [0.25, 0.3) is 0 Å². The molecule has 0 aliphatic heterocycles. The molecule has 0 fully saturated rings. The van der Waals surface area contributed by atoms with Crippen LogP contribution in [0.1, 0.15) is 29.8 Å². The maximum absolute atomic E-state index is 6.00. The van der Waals surface area contributed by atoms with Crippen molar-refractivity contribution in [2.45, 2.75) is 32.2 Å². The van der Waals surface area contributed by atoms with Crippen LogP contribution in [-0.4, -0.2) is 22.8 Å². The number of benzene rings is 1. The van der Waals surface area contributed by atoms with Gasteiger partial charge in [-0.1, -0.05) is 0 Å². The molecule has 1 aromatic carbocycles. The molecule has 0 amide bonds. The summed E-state index contributed by atoms with van der Waals surface area (Å²) in [5.41, 5.74) is 10.6. The molecule has 0 spiro atoms. The Morgan fingerprint density at radius 2 is 2.00 bits per heavy atom. The zero-order chi connectivity index (χ0) is 16.2. The molecule has 0 bridgehead atoms. The van der Waals surface area contributed by atoms with Crippen LogP contribution in [0.5, 0.6) is 5.75 Å². The third-order valence-corrected chi connectivity index (χ3v) is 4.21. The summed E-state index contributed by atoms with van der Waals surface area (Å²) in [6, 6.07) is 7.58. The predicted molar refractivity (Wildman–Crippen MR) is 107 cm³/mol. The number of hydrogen-bond acceptors (Lipinski definition) is 3. The van der Waals surface area contributed by atoms with E-state index >= 15 is 0 Å². The fourth-order valence-corrected chi connectivity index (χ4v) is 2.97. The van der Waals surface area contributed by atoms with E-state index in [4.69, 9.17) is 10.5 Å². The first-order valence-corrected chi connectivity index (χ1v) is 7.92. The molecule has 3 rings (SSSR count). The van der Waals surface area contributed by atoms with Gasteiger partial charge in [-0.15, -0.1) is 24.0 Å². The number of ether oxygens (including phenoxy) is 1. The molecule has 7 heteroatoms. The van der Waals surface area contributed by atoms with E-state index in [1.165, 1.54) is 29.8 Å². The second-order valence-corrected chi connectivity index (χ2v) is 5.76. The number of guanidine groups is 1. The molecular weight excluding hydrogens is 417 g/mol. The highest BCUT2D eigenvalue weighted by molar-refractivity contribution is 14.0. The lowest BCUT2D eigenvalue weighted by atomic mass is 9.96. The maximum atomic E-state index is 6.00. The van der Waals surface area contributed by atoms with Gasteiger partial charge in [-0.3, -0.25) is 4.68 Å². The molecule has 2 aromatic rings. The summed E-state index contributed by atoms with van der Waals surface area (Å²) in [6.07, 6.45) is 4.63. The van der Waals surface area contributed by atoms with Crippen LogP contribution in [0.2, 0.25) is 0 Å². The molecule has 1 aromatic heterocycles. The number of fused-ring (bicyclic) bond motifs is 1. The number of halogens is 1. The first-order valence-electron chi connectivity index (χ1n) is 7.92. The third-order valence-electron chi connectivity index (χ3n) is 4.21. The van der Waals surface area contributed by atoms with Gasteiger partial charge >= 0.3 is 0 Å². The topological polar surface area (TPSA) is 77.5 Å². The van der Waals surface area contributed by atoms with Gasteiger partial charge in [-0.05, 0) is 55.5 Å². The molecule has 24 heavy (non-hydrogen) atoms. The van der Waals surface area contributed by atoms with Crippen LogP contribution < -0.4 is 15.8 Å². The van der Waals surface area contributed by atoms with Crippen molar-refractivity contribution in [2.24, 2.45) is 17.8 Å². The highest BCUT2D eigenvalue weighted by Gasteiger charge is 2.18. The van der Waals surface area contributed by atoms with Crippen molar-refractivity contribution < 1.29 is 4.74 Å². The lowest BCUT2D eigenvalue weighted by Gasteiger charge is -2.11. The first kappa shape index (κ1) is 18.6. The zero-order valence-corrected chi connectivity index (χ0v) is 16.4. The molecule has 1 heterocycles. The Hall–Kier alpha value is -1.77. The number of methoxy groups -OCH3 is 1. The lowest BCUT2D eigenvalue weighted by molar-refractivity contribution is 0.415. The Morgan fingerprint density at radius 1 is 1.29 bits per heavy atom. The van der Waals surface area contributed by atoms with Crippen LogP contribution in [0.4, 0.5) is 5.69 Å². The molecule has 0 saturated heterocycles. The number of hydrogen-bond donors (Lipinski definition) is 2.